The molecule has 7 heteroatoms. The highest BCUT2D eigenvalue weighted by Gasteiger charge is 2.29. The molecule has 0 spiro atoms. The van der Waals surface area contributed by atoms with Crippen LogP contribution in [0.1, 0.15) is 5.56 Å². The van der Waals surface area contributed by atoms with Crippen LogP contribution in [0.4, 0.5) is 0 Å². The van der Waals surface area contributed by atoms with Gasteiger partial charge in [0, 0.05) is 13.1 Å². The van der Waals surface area contributed by atoms with Gasteiger partial charge in [-0.1, -0.05) is 6.07 Å². The van der Waals surface area contributed by atoms with E-state index in [0.717, 1.165) is 0 Å². The molecule has 0 aromatic heterocycles. The van der Waals surface area contributed by atoms with Gasteiger partial charge in [-0.3, -0.25) is 0 Å². The Morgan fingerprint density at radius 1 is 1.37 bits per heavy atom. The number of morpholine rings is 1. The number of benzene rings is 1. The standard InChI is InChI=1S/C12H17NO5S/c1-17-11-8-10(9-14)2-3-12(11)19(15,16)13-4-6-18-7-5-13/h2-3,8,14H,4-7,9H2,1H3. The number of aliphatic hydroxyl groups is 1. The van der Waals surface area contributed by atoms with Crippen LogP contribution in [0.15, 0.2) is 23.1 Å². The van der Waals surface area contributed by atoms with Gasteiger partial charge < -0.3 is 14.6 Å². The van der Waals surface area contributed by atoms with Crippen LogP contribution < -0.4 is 4.74 Å². The van der Waals surface area contributed by atoms with E-state index in [-0.39, 0.29) is 17.3 Å². The van der Waals surface area contributed by atoms with Crippen molar-refractivity contribution < 1.29 is 23.0 Å². The summed E-state index contributed by atoms with van der Waals surface area (Å²) < 4.78 is 36.6. The molecule has 0 unspecified atom stereocenters. The fourth-order valence-corrected chi connectivity index (χ4v) is 3.49. The van der Waals surface area contributed by atoms with Gasteiger partial charge in [-0.2, -0.15) is 4.31 Å². The maximum Gasteiger partial charge on any atom is 0.246 e. The van der Waals surface area contributed by atoms with E-state index in [1.807, 2.05) is 0 Å². The molecule has 19 heavy (non-hydrogen) atoms. The lowest BCUT2D eigenvalue weighted by atomic mass is 10.2. The van der Waals surface area contributed by atoms with Crippen LogP contribution in [-0.4, -0.2) is 51.2 Å². The number of aliphatic hydroxyl groups excluding tert-OH is 1. The van der Waals surface area contributed by atoms with E-state index in [1.54, 1.807) is 6.07 Å². The summed E-state index contributed by atoms with van der Waals surface area (Å²) >= 11 is 0. The molecule has 106 valence electrons. The highest BCUT2D eigenvalue weighted by atomic mass is 32.2. The Kier molecular flexibility index (Phi) is 4.41. The zero-order chi connectivity index (χ0) is 13.9. The van der Waals surface area contributed by atoms with Crippen LogP contribution in [0.2, 0.25) is 0 Å². The summed E-state index contributed by atoms with van der Waals surface area (Å²) in [6.07, 6.45) is 0. The van der Waals surface area contributed by atoms with E-state index >= 15 is 0 Å². The zero-order valence-electron chi connectivity index (χ0n) is 10.7. The summed E-state index contributed by atoms with van der Waals surface area (Å²) in [4.78, 5) is 0.120. The average Bonchev–Trinajstić information content (AvgIpc) is 2.47. The maximum atomic E-state index is 12.5. The summed E-state index contributed by atoms with van der Waals surface area (Å²) in [5, 5.41) is 9.07. The van der Waals surface area contributed by atoms with Crippen LogP contribution in [0.5, 0.6) is 5.75 Å². The SMILES string of the molecule is COc1cc(CO)ccc1S(=O)(=O)N1CCOCC1. The van der Waals surface area contributed by atoms with Crippen LogP contribution in [0.25, 0.3) is 0 Å². The second-order valence-corrected chi connectivity index (χ2v) is 6.07. The van der Waals surface area contributed by atoms with E-state index in [2.05, 4.69) is 0 Å². The smallest absolute Gasteiger partial charge is 0.246 e. The lowest BCUT2D eigenvalue weighted by Crippen LogP contribution is -2.40. The fraction of sp³-hybridized carbons (Fsp3) is 0.500. The molecular weight excluding hydrogens is 270 g/mol. The summed E-state index contributed by atoms with van der Waals surface area (Å²) in [5.41, 5.74) is 0.609. The molecule has 1 aromatic carbocycles. The van der Waals surface area contributed by atoms with Gasteiger partial charge >= 0.3 is 0 Å². The van der Waals surface area contributed by atoms with E-state index in [1.165, 1.54) is 23.5 Å². The van der Waals surface area contributed by atoms with Crippen molar-refractivity contribution in [3.05, 3.63) is 23.8 Å². The quantitative estimate of drug-likeness (QED) is 0.856. The molecule has 1 fully saturated rings. The van der Waals surface area contributed by atoms with E-state index in [4.69, 9.17) is 14.6 Å². The largest absolute Gasteiger partial charge is 0.495 e. The molecule has 1 aliphatic rings. The molecule has 1 N–H and O–H groups in total. The van der Waals surface area contributed by atoms with Gasteiger partial charge in [-0.15, -0.1) is 0 Å². The number of methoxy groups -OCH3 is 1. The summed E-state index contributed by atoms with van der Waals surface area (Å²) in [7, 11) is -2.17. The predicted octanol–water partition coefficient (Wildman–Crippen LogP) is 0.208. The molecule has 0 atom stereocenters. The minimum absolute atomic E-state index is 0.120. The first-order valence-corrected chi connectivity index (χ1v) is 7.39. The number of rotatable bonds is 4. The summed E-state index contributed by atoms with van der Waals surface area (Å²) in [6, 6.07) is 4.58. The average molecular weight is 287 g/mol. The van der Waals surface area contributed by atoms with Crippen LogP contribution in [0, 0.1) is 0 Å². The third-order valence-electron chi connectivity index (χ3n) is 3.00. The van der Waals surface area contributed by atoms with Gasteiger partial charge in [-0.25, -0.2) is 8.42 Å². The van der Waals surface area contributed by atoms with Crippen LogP contribution >= 0.6 is 0 Å². The number of nitrogens with zero attached hydrogens (tertiary/aromatic N) is 1. The molecule has 1 aromatic rings. The Hall–Kier alpha value is -1.15. The van der Waals surface area contributed by atoms with E-state index < -0.39 is 10.0 Å². The topological polar surface area (TPSA) is 76.1 Å². The Bertz CT molecular complexity index is 537. The molecule has 1 aliphatic heterocycles. The zero-order valence-corrected chi connectivity index (χ0v) is 11.5. The lowest BCUT2D eigenvalue weighted by Gasteiger charge is -2.26. The summed E-state index contributed by atoms with van der Waals surface area (Å²) in [5.74, 6) is 0.248. The van der Waals surface area contributed by atoms with Crippen molar-refractivity contribution in [2.45, 2.75) is 11.5 Å². The van der Waals surface area contributed by atoms with Crippen LogP contribution in [-0.2, 0) is 21.4 Å². The van der Waals surface area contributed by atoms with Crippen molar-refractivity contribution in [2.75, 3.05) is 33.4 Å². The Labute approximate surface area is 112 Å². The van der Waals surface area contributed by atoms with Gasteiger partial charge in [0.15, 0.2) is 0 Å². The predicted molar refractivity (Wildman–Crippen MR) is 68.5 cm³/mol. The third-order valence-corrected chi connectivity index (χ3v) is 4.94. The first-order chi connectivity index (χ1) is 9.09. The Morgan fingerprint density at radius 2 is 2.05 bits per heavy atom. The second kappa shape index (κ2) is 5.87. The molecule has 6 nitrogen and oxygen atoms in total. The highest BCUT2D eigenvalue weighted by Crippen LogP contribution is 2.28. The minimum Gasteiger partial charge on any atom is -0.495 e. The van der Waals surface area contributed by atoms with Crippen molar-refractivity contribution in [3.8, 4) is 5.75 Å². The first kappa shape index (κ1) is 14.3. The molecule has 1 heterocycles. The lowest BCUT2D eigenvalue weighted by molar-refractivity contribution is 0.0729. The van der Waals surface area contributed by atoms with Crippen molar-refractivity contribution in [1.82, 2.24) is 4.31 Å². The summed E-state index contributed by atoms with van der Waals surface area (Å²) in [6.45, 7) is 1.32. The number of ether oxygens (including phenoxy) is 2. The van der Waals surface area contributed by atoms with Gasteiger partial charge in [-0.05, 0) is 17.7 Å². The normalized spacial score (nSPS) is 17.4. The maximum absolute atomic E-state index is 12.5. The minimum atomic E-state index is -3.58. The number of sulfonamides is 1. The number of hydrogen-bond acceptors (Lipinski definition) is 5. The van der Waals surface area contributed by atoms with E-state index in [9.17, 15) is 8.42 Å². The fourth-order valence-electron chi connectivity index (χ4n) is 1.95. The molecule has 0 bridgehead atoms. The van der Waals surface area contributed by atoms with Crippen LogP contribution in [0.3, 0.4) is 0 Å². The van der Waals surface area contributed by atoms with Gasteiger partial charge in [0.25, 0.3) is 0 Å². The second-order valence-electron chi connectivity index (χ2n) is 4.16. The molecule has 2 rings (SSSR count). The Morgan fingerprint density at radius 3 is 2.63 bits per heavy atom. The third kappa shape index (κ3) is 2.89. The Balaban J connectivity index is 2.39. The van der Waals surface area contributed by atoms with Gasteiger partial charge in [0.05, 0.1) is 26.9 Å². The molecule has 0 radical (unpaired) electrons. The van der Waals surface area contributed by atoms with E-state index in [0.29, 0.717) is 31.9 Å². The van der Waals surface area contributed by atoms with Gasteiger partial charge in [0.2, 0.25) is 10.0 Å². The first-order valence-electron chi connectivity index (χ1n) is 5.95. The number of hydrogen-bond donors (Lipinski definition) is 1. The van der Waals surface area contributed by atoms with Crippen molar-refractivity contribution >= 4 is 10.0 Å². The van der Waals surface area contributed by atoms with Crippen molar-refractivity contribution in [1.29, 1.82) is 0 Å². The highest BCUT2D eigenvalue weighted by molar-refractivity contribution is 7.89. The molecule has 0 saturated carbocycles. The molecular formula is C12H17NO5S. The molecule has 0 aliphatic carbocycles. The molecule has 0 amide bonds. The molecule has 1 saturated heterocycles. The van der Waals surface area contributed by atoms with Crippen molar-refractivity contribution in [2.24, 2.45) is 0 Å². The van der Waals surface area contributed by atoms with Crippen molar-refractivity contribution in [3.63, 3.8) is 0 Å². The van der Waals surface area contributed by atoms with Gasteiger partial charge in [0.1, 0.15) is 10.6 Å². The monoisotopic (exact) mass is 287 g/mol.